The fraction of sp³-hybridized carbons (Fsp3) is 0. The molecular weight excluding hydrogens is 156 g/mol. The maximum absolute atomic E-state index is 8.53. The smallest absolute Gasteiger partial charge is 0.100 e. The van der Waals surface area contributed by atoms with Crippen molar-refractivity contribution in [3.8, 4) is 12.1 Å². The standard InChI is InChI=1S/C8H4N2S/c9-4-6-2-1-3-7(5-10)8(6)11/h1-3,11H. The molecule has 0 bridgehead atoms. The second-order valence-corrected chi connectivity index (χ2v) is 2.37. The van der Waals surface area contributed by atoms with E-state index in [2.05, 4.69) is 12.6 Å². The summed E-state index contributed by atoms with van der Waals surface area (Å²) < 4.78 is 0. The molecule has 11 heavy (non-hydrogen) atoms. The van der Waals surface area contributed by atoms with E-state index < -0.39 is 0 Å². The fourth-order valence-corrected chi connectivity index (χ4v) is 0.973. The van der Waals surface area contributed by atoms with Gasteiger partial charge in [-0.25, -0.2) is 0 Å². The summed E-state index contributed by atoms with van der Waals surface area (Å²) >= 11 is 4.03. The maximum atomic E-state index is 8.53. The Hall–Kier alpha value is -1.45. The van der Waals surface area contributed by atoms with Crippen LogP contribution in [-0.4, -0.2) is 0 Å². The predicted octanol–water partition coefficient (Wildman–Crippen LogP) is 1.72. The summed E-state index contributed by atoms with van der Waals surface area (Å²) in [6, 6.07) is 8.80. The van der Waals surface area contributed by atoms with Crippen molar-refractivity contribution < 1.29 is 0 Å². The zero-order chi connectivity index (χ0) is 8.27. The lowest BCUT2D eigenvalue weighted by Gasteiger charge is -1.95. The Balaban J connectivity index is 3.38. The molecule has 0 spiro atoms. The molecule has 0 saturated carbocycles. The van der Waals surface area contributed by atoms with E-state index in [1.54, 1.807) is 18.2 Å². The predicted molar refractivity (Wildman–Crippen MR) is 43.1 cm³/mol. The lowest BCUT2D eigenvalue weighted by Crippen LogP contribution is -1.82. The van der Waals surface area contributed by atoms with Crippen LogP contribution in [-0.2, 0) is 0 Å². The van der Waals surface area contributed by atoms with Gasteiger partial charge in [0.15, 0.2) is 0 Å². The third-order valence-electron chi connectivity index (χ3n) is 1.28. The minimum atomic E-state index is 0.437. The van der Waals surface area contributed by atoms with E-state index in [0.29, 0.717) is 16.0 Å². The number of rotatable bonds is 0. The van der Waals surface area contributed by atoms with Crippen molar-refractivity contribution in [2.24, 2.45) is 0 Å². The summed E-state index contributed by atoms with van der Waals surface area (Å²) in [6.07, 6.45) is 0. The number of hydrogen-bond donors (Lipinski definition) is 1. The molecule has 0 aliphatic rings. The highest BCUT2D eigenvalue weighted by molar-refractivity contribution is 7.80. The molecule has 0 heterocycles. The molecule has 0 unspecified atom stereocenters. The van der Waals surface area contributed by atoms with Crippen LogP contribution >= 0.6 is 12.6 Å². The SMILES string of the molecule is N#Cc1cccc(C#N)c1S. The first kappa shape index (κ1) is 7.65. The van der Waals surface area contributed by atoms with Crippen molar-refractivity contribution in [2.45, 2.75) is 4.90 Å². The number of thiol groups is 1. The highest BCUT2D eigenvalue weighted by Gasteiger charge is 2.01. The van der Waals surface area contributed by atoms with Gasteiger partial charge in [0.25, 0.3) is 0 Å². The minimum Gasteiger partial charge on any atom is -0.192 e. The van der Waals surface area contributed by atoms with E-state index in [4.69, 9.17) is 10.5 Å². The Morgan fingerprint density at radius 3 is 1.91 bits per heavy atom. The summed E-state index contributed by atoms with van der Waals surface area (Å²) in [5, 5.41) is 17.1. The third-order valence-corrected chi connectivity index (χ3v) is 1.76. The molecule has 1 rings (SSSR count). The van der Waals surface area contributed by atoms with E-state index >= 15 is 0 Å². The third kappa shape index (κ3) is 1.34. The van der Waals surface area contributed by atoms with Crippen LogP contribution in [0.3, 0.4) is 0 Å². The van der Waals surface area contributed by atoms with Gasteiger partial charge in [-0.2, -0.15) is 10.5 Å². The molecule has 0 aliphatic heterocycles. The largest absolute Gasteiger partial charge is 0.192 e. The molecule has 0 amide bonds. The van der Waals surface area contributed by atoms with Gasteiger partial charge in [0.1, 0.15) is 12.1 Å². The van der Waals surface area contributed by atoms with Gasteiger partial charge in [-0.3, -0.25) is 0 Å². The molecule has 0 aromatic heterocycles. The average Bonchev–Trinajstić information content (AvgIpc) is 2.05. The highest BCUT2D eigenvalue weighted by Crippen LogP contribution is 2.16. The zero-order valence-electron chi connectivity index (χ0n) is 5.57. The van der Waals surface area contributed by atoms with E-state index in [0.717, 1.165) is 0 Å². The lowest BCUT2D eigenvalue weighted by molar-refractivity contribution is 1.32. The highest BCUT2D eigenvalue weighted by atomic mass is 32.1. The summed E-state index contributed by atoms with van der Waals surface area (Å²) in [6.45, 7) is 0. The molecule has 0 radical (unpaired) electrons. The minimum absolute atomic E-state index is 0.437. The van der Waals surface area contributed by atoms with E-state index in [-0.39, 0.29) is 0 Å². The summed E-state index contributed by atoms with van der Waals surface area (Å²) in [5.41, 5.74) is 0.875. The Morgan fingerprint density at radius 2 is 1.55 bits per heavy atom. The number of benzene rings is 1. The molecule has 0 atom stereocenters. The molecule has 52 valence electrons. The Kier molecular flexibility index (Phi) is 2.15. The first-order chi connectivity index (χ1) is 5.29. The second-order valence-electron chi connectivity index (χ2n) is 1.93. The van der Waals surface area contributed by atoms with Crippen molar-refractivity contribution in [1.29, 1.82) is 10.5 Å². The molecule has 1 aromatic carbocycles. The zero-order valence-corrected chi connectivity index (χ0v) is 6.47. The topological polar surface area (TPSA) is 47.6 Å². The van der Waals surface area contributed by atoms with E-state index in [1.165, 1.54) is 0 Å². The molecule has 0 fully saturated rings. The van der Waals surface area contributed by atoms with Gasteiger partial charge in [0.2, 0.25) is 0 Å². The Morgan fingerprint density at radius 1 is 1.09 bits per heavy atom. The van der Waals surface area contributed by atoms with Gasteiger partial charge in [0, 0.05) is 4.90 Å². The molecule has 1 aromatic rings. The number of nitriles is 2. The van der Waals surface area contributed by atoms with Crippen LogP contribution in [0.2, 0.25) is 0 Å². The van der Waals surface area contributed by atoms with Crippen molar-refractivity contribution in [2.75, 3.05) is 0 Å². The normalized spacial score (nSPS) is 8.27. The second kappa shape index (κ2) is 3.09. The van der Waals surface area contributed by atoms with Gasteiger partial charge >= 0.3 is 0 Å². The van der Waals surface area contributed by atoms with Crippen molar-refractivity contribution >= 4 is 12.6 Å². The molecule has 2 nitrogen and oxygen atoms in total. The average molecular weight is 160 g/mol. The number of nitrogens with zero attached hydrogens (tertiary/aromatic N) is 2. The monoisotopic (exact) mass is 160 g/mol. The van der Waals surface area contributed by atoms with Crippen LogP contribution in [0.15, 0.2) is 23.1 Å². The van der Waals surface area contributed by atoms with Crippen LogP contribution in [0.4, 0.5) is 0 Å². The molecule has 0 N–H and O–H groups in total. The van der Waals surface area contributed by atoms with E-state index in [9.17, 15) is 0 Å². The Bertz CT molecular complexity index is 325. The first-order valence-electron chi connectivity index (χ1n) is 2.91. The molecule has 3 heteroatoms. The van der Waals surface area contributed by atoms with Crippen LogP contribution in [0.5, 0.6) is 0 Å². The molecule has 0 saturated heterocycles. The van der Waals surface area contributed by atoms with Gasteiger partial charge in [-0.15, -0.1) is 12.6 Å². The van der Waals surface area contributed by atoms with Crippen LogP contribution < -0.4 is 0 Å². The van der Waals surface area contributed by atoms with Gasteiger partial charge in [-0.05, 0) is 12.1 Å². The maximum Gasteiger partial charge on any atom is 0.100 e. The van der Waals surface area contributed by atoms with Crippen molar-refractivity contribution in [3.05, 3.63) is 29.3 Å². The van der Waals surface area contributed by atoms with Crippen LogP contribution in [0.25, 0.3) is 0 Å². The van der Waals surface area contributed by atoms with Gasteiger partial charge in [-0.1, -0.05) is 6.07 Å². The van der Waals surface area contributed by atoms with Crippen LogP contribution in [0, 0.1) is 22.7 Å². The van der Waals surface area contributed by atoms with Crippen molar-refractivity contribution in [3.63, 3.8) is 0 Å². The molecular formula is C8H4N2S. The summed E-state index contributed by atoms with van der Waals surface area (Å²) in [5.74, 6) is 0. The van der Waals surface area contributed by atoms with Gasteiger partial charge in [0.05, 0.1) is 11.1 Å². The Labute approximate surface area is 70.1 Å². The molecule has 0 aliphatic carbocycles. The van der Waals surface area contributed by atoms with Crippen LogP contribution in [0.1, 0.15) is 11.1 Å². The number of hydrogen-bond acceptors (Lipinski definition) is 3. The van der Waals surface area contributed by atoms with E-state index in [1.807, 2.05) is 12.1 Å². The first-order valence-corrected chi connectivity index (χ1v) is 3.36. The van der Waals surface area contributed by atoms with Gasteiger partial charge < -0.3 is 0 Å². The van der Waals surface area contributed by atoms with Crippen molar-refractivity contribution in [1.82, 2.24) is 0 Å². The summed E-state index contributed by atoms with van der Waals surface area (Å²) in [4.78, 5) is 0.456. The fourth-order valence-electron chi connectivity index (χ4n) is 0.724. The summed E-state index contributed by atoms with van der Waals surface area (Å²) in [7, 11) is 0. The lowest BCUT2D eigenvalue weighted by atomic mass is 10.1. The quantitative estimate of drug-likeness (QED) is 0.587.